The molecule has 1 aromatic heterocycles. The first kappa shape index (κ1) is 17.9. The lowest BCUT2D eigenvalue weighted by Crippen LogP contribution is -2.29. The molecule has 4 rings (SSSR count). The van der Waals surface area contributed by atoms with Crippen LogP contribution in [-0.4, -0.2) is 33.9 Å². The Morgan fingerprint density at radius 1 is 1.22 bits per heavy atom. The van der Waals surface area contributed by atoms with E-state index in [4.69, 9.17) is 9.72 Å². The Morgan fingerprint density at radius 2 is 2.00 bits per heavy atom. The van der Waals surface area contributed by atoms with E-state index in [1.165, 1.54) is 5.56 Å². The van der Waals surface area contributed by atoms with Gasteiger partial charge in [-0.25, -0.2) is 4.98 Å². The summed E-state index contributed by atoms with van der Waals surface area (Å²) >= 11 is 1.62. The number of thioether (sulfide) groups is 1. The van der Waals surface area contributed by atoms with Gasteiger partial charge in [-0.1, -0.05) is 41.6 Å². The van der Waals surface area contributed by atoms with Crippen molar-refractivity contribution in [2.75, 3.05) is 12.4 Å². The van der Waals surface area contributed by atoms with Crippen molar-refractivity contribution in [2.24, 2.45) is 0 Å². The fourth-order valence-corrected chi connectivity index (χ4v) is 3.72. The summed E-state index contributed by atoms with van der Waals surface area (Å²) in [5.41, 5.74) is 3.12. The van der Waals surface area contributed by atoms with Crippen LogP contribution in [0, 0.1) is 6.92 Å². The SMILES string of the molecule is Cc1ccc(OCCSc2nc3ccccc3n2CC(=O)NC2CC2)cc1. The molecule has 1 N–H and O–H groups in total. The highest BCUT2D eigenvalue weighted by molar-refractivity contribution is 7.99. The summed E-state index contributed by atoms with van der Waals surface area (Å²) in [4.78, 5) is 17.0. The number of amides is 1. The molecular formula is C21H23N3O2S. The Morgan fingerprint density at radius 3 is 2.78 bits per heavy atom. The number of fused-ring (bicyclic) bond motifs is 1. The third-order valence-corrected chi connectivity index (χ3v) is 5.41. The lowest BCUT2D eigenvalue weighted by Gasteiger charge is -2.10. The standard InChI is InChI=1S/C21H23N3O2S/c1-15-6-10-17(11-7-15)26-12-13-27-21-23-18-4-2-3-5-19(18)24(21)14-20(25)22-16-8-9-16/h2-7,10-11,16H,8-9,12-14H2,1H3,(H,22,25). The van der Waals surface area contributed by atoms with Crippen LogP contribution in [-0.2, 0) is 11.3 Å². The summed E-state index contributed by atoms with van der Waals surface area (Å²) in [5.74, 6) is 1.69. The first-order valence-electron chi connectivity index (χ1n) is 9.26. The topological polar surface area (TPSA) is 56.2 Å². The molecule has 1 aliphatic carbocycles. The van der Waals surface area contributed by atoms with E-state index in [-0.39, 0.29) is 5.91 Å². The van der Waals surface area contributed by atoms with Gasteiger partial charge in [0.2, 0.25) is 5.91 Å². The fourth-order valence-electron chi connectivity index (χ4n) is 2.89. The van der Waals surface area contributed by atoms with Gasteiger partial charge in [-0.2, -0.15) is 0 Å². The van der Waals surface area contributed by atoms with Crippen LogP contribution >= 0.6 is 11.8 Å². The van der Waals surface area contributed by atoms with Crippen LogP contribution in [0.5, 0.6) is 5.75 Å². The number of benzene rings is 2. The van der Waals surface area contributed by atoms with Crippen LogP contribution in [0.4, 0.5) is 0 Å². The molecule has 0 aliphatic heterocycles. The van der Waals surface area contributed by atoms with Crippen molar-refractivity contribution < 1.29 is 9.53 Å². The molecule has 0 unspecified atom stereocenters. The number of hydrogen-bond donors (Lipinski definition) is 1. The first-order chi connectivity index (χ1) is 13.2. The monoisotopic (exact) mass is 381 g/mol. The van der Waals surface area contributed by atoms with Crippen molar-refractivity contribution in [3.05, 3.63) is 54.1 Å². The molecule has 0 spiro atoms. The minimum Gasteiger partial charge on any atom is -0.493 e. The van der Waals surface area contributed by atoms with Gasteiger partial charge in [0.25, 0.3) is 0 Å². The number of carbonyl (C=O) groups is 1. The minimum atomic E-state index is 0.0541. The second kappa shape index (κ2) is 8.05. The van der Waals surface area contributed by atoms with Gasteiger partial charge in [0, 0.05) is 11.8 Å². The molecule has 3 aromatic rings. The van der Waals surface area contributed by atoms with Crippen LogP contribution in [0.15, 0.2) is 53.7 Å². The number of carbonyl (C=O) groups excluding carboxylic acids is 1. The molecule has 6 heteroatoms. The van der Waals surface area contributed by atoms with Crippen LogP contribution in [0.1, 0.15) is 18.4 Å². The number of hydrogen-bond acceptors (Lipinski definition) is 4. The lowest BCUT2D eigenvalue weighted by molar-refractivity contribution is -0.121. The van der Waals surface area contributed by atoms with Crippen molar-refractivity contribution >= 4 is 28.7 Å². The van der Waals surface area contributed by atoms with Gasteiger partial charge < -0.3 is 14.6 Å². The molecular weight excluding hydrogens is 358 g/mol. The first-order valence-corrected chi connectivity index (χ1v) is 10.2. The van der Waals surface area contributed by atoms with Crippen molar-refractivity contribution in [3.63, 3.8) is 0 Å². The summed E-state index contributed by atoms with van der Waals surface area (Å²) in [6.45, 7) is 2.95. The second-order valence-electron chi connectivity index (χ2n) is 6.82. The maximum Gasteiger partial charge on any atom is 0.240 e. The highest BCUT2D eigenvalue weighted by atomic mass is 32.2. The molecule has 0 radical (unpaired) electrons. The summed E-state index contributed by atoms with van der Waals surface area (Å²) in [5, 5.41) is 3.91. The average Bonchev–Trinajstić information content (AvgIpc) is 3.41. The van der Waals surface area contributed by atoms with Gasteiger partial charge in [0.15, 0.2) is 5.16 Å². The van der Waals surface area contributed by atoms with Gasteiger partial charge in [-0.15, -0.1) is 0 Å². The predicted octanol–water partition coefficient (Wildman–Crippen LogP) is 3.79. The molecule has 1 amide bonds. The third kappa shape index (κ3) is 4.63. The normalized spacial score (nSPS) is 13.7. The van der Waals surface area contributed by atoms with Crippen LogP contribution in [0.25, 0.3) is 11.0 Å². The number of nitrogens with zero attached hydrogens (tertiary/aromatic N) is 2. The maximum absolute atomic E-state index is 12.3. The number of para-hydroxylation sites is 2. The highest BCUT2D eigenvalue weighted by Crippen LogP contribution is 2.25. The second-order valence-corrected chi connectivity index (χ2v) is 7.88. The minimum absolute atomic E-state index is 0.0541. The molecule has 0 atom stereocenters. The summed E-state index contributed by atoms with van der Waals surface area (Å²) in [6.07, 6.45) is 2.18. The fraction of sp³-hybridized carbons (Fsp3) is 0.333. The molecule has 0 bridgehead atoms. The number of rotatable bonds is 8. The van der Waals surface area contributed by atoms with Crippen molar-refractivity contribution in [1.82, 2.24) is 14.9 Å². The van der Waals surface area contributed by atoms with Crippen molar-refractivity contribution in [2.45, 2.75) is 37.5 Å². The smallest absolute Gasteiger partial charge is 0.240 e. The molecule has 1 saturated carbocycles. The van der Waals surface area contributed by atoms with Gasteiger partial charge in [-0.05, 0) is 44.0 Å². The van der Waals surface area contributed by atoms with E-state index in [2.05, 4.69) is 12.2 Å². The Bertz CT molecular complexity index is 932. The van der Waals surface area contributed by atoms with E-state index in [0.717, 1.165) is 40.5 Å². The van der Waals surface area contributed by atoms with E-state index in [9.17, 15) is 4.79 Å². The van der Waals surface area contributed by atoms with Gasteiger partial charge in [-0.3, -0.25) is 4.79 Å². The van der Waals surface area contributed by atoms with Crippen LogP contribution < -0.4 is 10.1 Å². The maximum atomic E-state index is 12.3. The van der Waals surface area contributed by atoms with Gasteiger partial charge in [0.1, 0.15) is 12.3 Å². The molecule has 0 saturated heterocycles. The van der Waals surface area contributed by atoms with Gasteiger partial charge >= 0.3 is 0 Å². The Labute approximate surface area is 163 Å². The zero-order chi connectivity index (χ0) is 18.6. The number of ether oxygens (including phenoxy) is 1. The number of nitrogens with one attached hydrogen (secondary N) is 1. The van der Waals surface area contributed by atoms with Crippen LogP contribution in [0.2, 0.25) is 0 Å². The zero-order valence-electron chi connectivity index (χ0n) is 15.4. The Hall–Kier alpha value is -2.47. The molecule has 1 heterocycles. The van der Waals surface area contributed by atoms with Crippen molar-refractivity contribution in [1.29, 1.82) is 0 Å². The summed E-state index contributed by atoms with van der Waals surface area (Å²) in [7, 11) is 0. The summed E-state index contributed by atoms with van der Waals surface area (Å²) in [6, 6.07) is 16.4. The third-order valence-electron chi connectivity index (χ3n) is 4.47. The molecule has 2 aromatic carbocycles. The van der Waals surface area contributed by atoms with E-state index >= 15 is 0 Å². The predicted molar refractivity (Wildman–Crippen MR) is 108 cm³/mol. The molecule has 1 aliphatic rings. The van der Waals surface area contributed by atoms with Gasteiger partial charge in [0.05, 0.1) is 17.6 Å². The zero-order valence-corrected chi connectivity index (χ0v) is 16.2. The van der Waals surface area contributed by atoms with E-state index < -0.39 is 0 Å². The number of aryl methyl sites for hydroxylation is 1. The lowest BCUT2D eigenvalue weighted by atomic mass is 10.2. The average molecular weight is 382 g/mol. The largest absolute Gasteiger partial charge is 0.493 e. The summed E-state index contributed by atoms with van der Waals surface area (Å²) < 4.78 is 7.81. The highest BCUT2D eigenvalue weighted by Gasteiger charge is 2.24. The van der Waals surface area contributed by atoms with Crippen LogP contribution in [0.3, 0.4) is 0 Å². The van der Waals surface area contributed by atoms with E-state index in [0.29, 0.717) is 19.2 Å². The number of imidazole rings is 1. The Balaban J connectivity index is 1.41. The molecule has 5 nitrogen and oxygen atoms in total. The Kier molecular flexibility index (Phi) is 5.34. The van der Waals surface area contributed by atoms with E-state index in [1.807, 2.05) is 53.1 Å². The quantitative estimate of drug-likeness (QED) is 0.476. The molecule has 140 valence electrons. The number of aromatic nitrogens is 2. The van der Waals surface area contributed by atoms with Crippen molar-refractivity contribution in [3.8, 4) is 5.75 Å². The van der Waals surface area contributed by atoms with E-state index in [1.54, 1.807) is 11.8 Å². The molecule has 27 heavy (non-hydrogen) atoms. The molecule has 1 fully saturated rings.